The Morgan fingerprint density at radius 3 is 2.50 bits per heavy atom. The lowest BCUT2D eigenvalue weighted by Gasteiger charge is -2.34. The average molecular weight is 433 g/mol. The van der Waals surface area contributed by atoms with E-state index in [0.29, 0.717) is 9.97 Å². The molecule has 1 atom stereocenters. The Hall–Kier alpha value is -1.56. The van der Waals surface area contributed by atoms with Crippen molar-refractivity contribution in [1.82, 2.24) is 9.88 Å². The third-order valence-corrected chi connectivity index (χ3v) is 5.41. The molecule has 2 aromatic rings. The third kappa shape index (κ3) is 2.92. The first-order chi connectivity index (χ1) is 11.4. The number of nitrogens with zero attached hydrogens (tertiary/aromatic N) is 2. The number of benzene rings is 1. The standard InChI is InChI=1S/C20H24IN3/c1-12(2)20(24(5)14(4)21)19-18-16(10-7-11-22-18)15-9-6-8-13(3)17(15)23-19/h6-12,14,23H,1-5H3/b20-19-. The smallest absolute Gasteiger partial charge is 0.0961 e. The molecule has 3 rings (SSSR count). The first-order valence-corrected chi connectivity index (χ1v) is 9.59. The Kier molecular flexibility index (Phi) is 4.85. The van der Waals surface area contributed by atoms with E-state index < -0.39 is 0 Å². The fourth-order valence-corrected chi connectivity index (χ4v) is 3.61. The predicted octanol–water partition coefficient (Wildman–Crippen LogP) is 5.52. The van der Waals surface area contributed by atoms with Crippen LogP contribution in [0.4, 0.5) is 5.69 Å². The monoisotopic (exact) mass is 433 g/mol. The molecule has 0 bridgehead atoms. The number of aromatic nitrogens is 1. The summed E-state index contributed by atoms with van der Waals surface area (Å²) in [6, 6.07) is 10.6. The number of para-hydroxylation sites is 1. The van der Waals surface area contributed by atoms with Gasteiger partial charge in [-0.1, -0.05) is 60.7 Å². The van der Waals surface area contributed by atoms with Crippen LogP contribution in [-0.2, 0) is 0 Å². The lowest BCUT2D eigenvalue weighted by Crippen LogP contribution is -2.29. The van der Waals surface area contributed by atoms with E-state index in [4.69, 9.17) is 4.98 Å². The summed E-state index contributed by atoms with van der Waals surface area (Å²) in [5.41, 5.74) is 8.36. The van der Waals surface area contributed by atoms with E-state index in [1.807, 2.05) is 12.3 Å². The Morgan fingerprint density at radius 1 is 1.12 bits per heavy atom. The van der Waals surface area contributed by atoms with Gasteiger partial charge >= 0.3 is 0 Å². The van der Waals surface area contributed by atoms with Crippen LogP contribution in [0.15, 0.2) is 42.2 Å². The number of anilines is 1. The quantitative estimate of drug-likeness (QED) is 0.393. The molecule has 0 saturated carbocycles. The normalized spacial score (nSPS) is 16.1. The SMILES string of the molecule is Cc1cccc2c1N/C(=C(/C(C)C)N(C)C(C)I)c1ncccc1-2. The molecule has 0 saturated heterocycles. The van der Waals surface area contributed by atoms with E-state index in [1.54, 1.807) is 0 Å². The topological polar surface area (TPSA) is 28.2 Å². The number of aryl methyl sites for hydroxylation is 1. The summed E-state index contributed by atoms with van der Waals surface area (Å²) < 4.78 is 0.403. The van der Waals surface area contributed by atoms with Gasteiger partial charge < -0.3 is 10.2 Å². The Morgan fingerprint density at radius 2 is 1.83 bits per heavy atom. The number of allylic oxidation sites excluding steroid dienone is 1. The van der Waals surface area contributed by atoms with Gasteiger partial charge in [0, 0.05) is 35.8 Å². The lowest BCUT2D eigenvalue weighted by atomic mass is 9.92. The van der Waals surface area contributed by atoms with E-state index in [2.05, 4.69) is 91.8 Å². The van der Waals surface area contributed by atoms with Crippen molar-refractivity contribution in [1.29, 1.82) is 0 Å². The van der Waals surface area contributed by atoms with Crippen LogP contribution in [-0.4, -0.2) is 21.0 Å². The minimum absolute atomic E-state index is 0.398. The molecule has 1 aliphatic heterocycles. The molecule has 24 heavy (non-hydrogen) atoms. The molecule has 0 radical (unpaired) electrons. The number of hydrogen-bond acceptors (Lipinski definition) is 3. The van der Waals surface area contributed by atoms with Crippen molar-refractivity contribution in [2.75, 3.05) is 12.4 Å². The van der Waals surface area contributed by atoms with Crippen LogP contribution in [0.1, 0.15) is 32.0 Å². The fourth-order valence-electron chi connectivity index (χ4n) is 3.31. The maximum absolute atomic E-state index is 4.72. The highest BCUT2D eigenvalue weighted by atomic mass is 127. The molecule has 0 spiro atoms. The zero-order valence-electron chi connectivity index (χ0n) is 14.9. The molecule has 3 nitrogen and oxygen atoms in total. The van der Waals surface area contributed by atoms with Gasteiger partial charge in [0.05, 0.1) is 15.4 Å². The Labute approximate surface area is 158 Å². The van der Waals surface area contributed by atoms with Crippen LogP contribution in [0.2, 0.25) is 0 Å². The summed E-state index contributed by atoms with van der Waals surface area (Å²) in [6.45, 7) is 8.86. The van der Waals surface area contributed by atoms with Crippen molar-refractivity contribution in [2.45, 2.75) is 31.7 Å². The Balaban J connectivity index is 2.31. The van der Waals surface area contributed by atoms with E-state index in [0.717, 1.165) is 11.4 Å². The van der Waals surface area contributed by atoms with Gasteiger partial charge in [-0.15, -0.1) is 0 Å². The number of hydrogen-bond donors (Lipinski definition) is 1. The van der Waals surface area contributed by atoms with Crippen LogP contribution >= 0.6 is 22.6 Å². The molecule has 126 valence electrons. The third-order valence-electron chi connectivity index (χ3n) is 4.57. The van der Waals surface area contributed by atoms with Crippen LogP contribution in [0.5, 0.6) is 0 Å². The second kappa shape index (κ2) is 6.75. The fraction of sp³-hybridized carbons (Fsp3) is 0.350. The van der Waals surface area contributed by atoms with Crippen molar-refractivity contribution < 1.29 is 0 Å². The maximum atomic E-state index is 4.72. The first-order valence-electron chi connectivity index (χ1n) is 8.35. The molecule has 0 fully saturated rings. The van der Waals surface area contributed by atoms with Gasteiger partial charge in [0.25, 0.3) is 0 Å². The average Bonchev–Trinajstić information content (AvgIpc) is 2.55. The van der Waals surface area contributed by atoms with Gasteiger partial charge in [0.1, 0.15) is 0 Å². The molecule has 2 heterocycles. The van der Waals surface area contributed by atoms with Crippen molar-refractivity contribution in [2.24, 2.45) is 5.92 Å². The summed E-state index contributed by atoms with van der Waals surface area (Å²) in [7, 11) is 2.16. The van der Waals surface area contributed by atoms with Gasteiger partial charge in [0.15, 0.2) is 0 Å². The second-order valence-electron chi connectivity index (χ2n) is 6.62. The van der Waals surface area contributed by atoms with E-state index in [1.165, 1.54) is 28.1 Å². The molecular formula is C20H24IN3. The number of pyridine rings is 1. The minimum atomic E-state index is 0.398. The molecule has 0 aliphatic carbocycles. The Bertz CT molecular complexity index is 793. The molecule has 1 aromatic heterocycles. The molecule has 1 N–H and O–H groups in total. The number of alkyl halides is 1. The molecule has 1 unspecified atom stereocenters. The zero-order chi connectivity index (χ0) is 17.4. The van der Waals surface area contributed by atoms with E-state index in [-0.39, 0.29) is 0 Å². The van der Waals surface area contributed by atoms with Gasteiger partial charge in [0.2, 0.25) is 0 Å². The van der Waals surface area contributed by atoms with Crippen LogP contribution in [0.25, 0.3) is 16.8 Å². The second-order valence-corrected chi connectivity index (χ2v) is 8.42. The molecule has 4 heteroatoms. The zero-order valence-corrected chi connectivity index (χ0v) is 17.0. The number of halogens is 1. The molecule has 1 aliphatic rings. The van der Waals surface area contributed by atoms with Gasteiger partial charge in [-0.25, -0.2) is 0 Å². The highest BCUT2D eigenvalue weighted by molar-refractivity contribution is 14.1. The summed E-state index contributed by atoms with van der Waals surface area (Å²) >= 11 is 2.46. The number of nitrogens with one attached hydrogen (secondary N) is 1. The molecular weight excluding hydrogens is 409 g/mol. The largest absolute Gasteiger partial charge is 0.364 e. The van der Waals surface area contributed by atoms with Gasteiger partial charge in [-0.05, 0) is 31.4 Å². The van der Waals surface area contributed by atoms with E-state index >= 15 is 0 Å². The highest BCUT2D eigenvalue weighted by Gasteiger charge is 2.27. The molecule has 0 amide bonds. The summed E-state index contributed by atoms with van der Waals surface area (Å²) in [5, 5.41) is 3.71. The van der Waals surface area contributed by atoms with Crippen molar-refractivity contribution >= 4 is 34.0 Å². The maximum Gasteiger partial charge on any atom is 0.0961 e. The van der Waals surface area contributed by atoms with Crippen molar-refractivity contribution in [3.63, 3.8) is 0 Å². The van der Waals surface area contributed by atoms with Crippen molar-refractivity contribution in [3.05, 3.63) is 53.5 Å². The van der Waals surface area contributed by atoms with Crippen LogP contribution < -0.4 is 5.32 Å². The number of rotatable bonds is 3. The minimum Gasteiger partial charge on any atom is -0.364 e. The lowest BCUT2D eigenvalue weighted by molar-refractivity contribution is 0.382. The summed E-state index contributed by atoms with van der Waals surface area (Å²) in [6.07, 6.45) is 1.88. The summed E-state index contributed by atoms with van der Waals surface area (Å²) in [4.78, 5) is 7.07. The van der Waals surface area contributed by atoms with Crippen LogP contribution in [0, 0.1) is 12.8 Å². The van der Waals surface area contributed by atoms with Crippen LogP contribution in [0.3, 0.4) is 0 Å². The summed E-state index contributed by atoms with van der Waals surface area (Å²) in [5.74, 6) is 0.398. The van der Waals surface area contributed by atoms with Crippen molar-refractivity contribution in [3.8, 4) is 11.1 Å². The highest BCUT2D eigenvalue weighted by Crippen LogP contribution is 2.43. The first kappa shape index (κ1) is 17.3. The van der Waals surface area contributed by atoms with Gasteiger partial charge in [-0.3, -0.25) is 4.98 Å². The van der Waals surface area contributed by atoms with Gasteiger partial charge in [-0.2, -0.15) is 0 Å². The number of fused-ring (bicyclic) bond motifs is 3. The predicted molar refractivity (Wildman–Crippen MR) is 111 cm³/mol. The molecule has 1 aromatic carbocycles. The van der Waals surface area contributed by atoms with E-state index in [9.17, 15) is 0 Å².